The van der Waals surface area contributed by atoms with Crippen molar-refractivity contribution in [2.75, 3.05) is 7.11 Å². The fourth-order valence-corrected chi connectivity index (χ4v) is 5.50. The average molecular weight is 390 g/mol. The van der Waals surface area contributed by atoms with Gasteiger partial charge < -0.3 is 14.2 Å². The first-order valence-corrected chi connectivity index (χ1v) is 10.1. The van der Waals surface area contributed by atoms with Gasteiger partial charge in [0.25, 0.3) is 0 Å². The Bertz CT molecular complexity index is 1070. The number of rotatable bonds is 2. The van der Waals surface area contributed by atoms with Crippen LogP contribution in [0.5, 0.6) is 11.5 Å². The van der Waals surface area contributed by atoms with E-state index in [0.29, 0.717) is 0 Å². The maximum atomic E-state index is 12.8. The zero-order chi connectivity index (χ0) is 20.7. The van der Waals surface area contributed by atoms with Crippen molar-refractivity contribution in [3.8, 4) is 11.5 Å². The highest BCUT2D eigenvalue weighted by Crippen LogP contribution is 2.65. The second kappa shape index (κ2) is 5.44. The third-order valence-corrected chi connectivity index (χ3v) is 7.79. The Morgan fingerprint density at radius 3 is 2.17 bits per heavy atom. The summed E-state index contributed by atoms with van der Waals surface area (Å²) in [5, 5.41) is 0. The van der Waals surface area contributed by atoms with Gasteiger partial charge in [0.15, 0.2) is 0 Å². The maximum absolute atomic E-state index is 12.8. The summed E-state index contributed by atoms with van der Waals surface area (Å²) in [7, 11) is 1.41. The largest absolute Gasteiger partial charge is 0.482 e. The van der Waals surface area contributed by atoms with Crippen LogP contribution in [-0.4, -0.2) is 24.3 Å². The molecule has 2 aliphatic heterocycles. The minimum Gasteiger partial charge on any atom is -0.482 e. The van der Waals surface area contributed by atoms with Gasteiger partial charge in [0.05, 0.1) is 12.5 Å². The lowest BCUT2D eigenvalue weighted by Crippen LogP contribution is -2.60. The highest BCUT2D eigenvalue weighted by atomic mass is 16.6. The van der Waals surface area contributed by atoms with Crippen LogP contribution in [0.3, 0.4) is 0 Å². The Balaban J connectivity index is 1.64. The van der Waals surface area contributed by atoms with Gasteiger partial charge in [-0.3, -0.25) is 0 Å². The lowest BCUT2D eigenvalue weighted by atomic mass is 9.52. The van der Waals surface area contributed by atoms with Gasteiger partial charge in [-0.15, -0.1) is 0 Å². The van der Waals surface area contributed by atoms with Crippen molar-refractivity contribution in [2.45, 2.75) is 56.1 Å². The minimum atomic E-state index is -1.15. The normalized spacial score (nSPS) is 37.6. The first kappa shape index (κ1) is 18.3. The first-order chi connectivity index (χ1) is 13.7. The maximum Gasteiger partial charge on any atom is 0.351 e. The van der Waals surface area contributed by atoms with Crippen molar-refractivity contribution in [3.63, 3.8) is 0 Å². The van der Waals surface area contributed by atoms with Crippen LogP contribution < -0.4 is 9.47 Å². The fraction of sp³-hybridized carbons (Fsp3) is 0.400. The van der Waals surface area contributed by atoms with Gasteiger partial charge in [0.1, 0.15) is 17.1 Å². The molecule has 5 rings (SSSR count). The number of ether oxygens (including phenoxy) is 3. The molecule has 29 heavy (non-hydrogen) atoms. The summed E-state index contributed by atoms with van der Waals surface area (Å²) < 4.78 is 17.8. The van der Waals surface area contributed by atoms with E-state index < -0.39 is 16.6 Å². The molecule has 0 spiro atoms. The second-order valence-corrected chi connectivity index (χ2v) is 9.14. The van der Waals surface area contributed by atoms with Crippen LogP contribution in [0.4, 0.5) is 0 Å². The predicted molar refractivity (Wildman–Crippen MR) is 110 cm³/mol. The van der Waals surface area contributed by atoms with Gasteiger partial charge in [-0.1, -0.05) is 49.4 Å². The van der Waals surface area contributed by atoms with Crippen LogP contribution in [0.1, 0.15) is 45.2 Å². The van der Waals surface area contributed by atoms with Gasteiger partial charge in [0, 0.05) is 16.5 Å². The van der Waals surface area contributed by atoms with Crippen molar-refractivity contribution in [2.24, 2.45) is 0 Å². The molecular weight excluding hydrogens is 364 g/mol. The van der Waals surface area contributed by atoms with Crippen LogP contribution in [0.25, 0.3) is 0 Å². The third kappa shape index (κ3) is 1.97. The summed E-state index contributed by atoms with van der Waals surface area (Å²) in [4.78, 5) is 12.8. The van der Waals surface area contributed by atoms with Gasteiger partial charge in [-0.05, 0) is 44.9 Å². The van der Waals surface area contributed by atoms with Gasteiger partial charge >= 0.3 is 5.97 Å². The molecule has 1 saturated carbocycles. The van der Waals surface area contributed by atoms with Crippen molar-refractivity contribution >= 4 is 5.97 Å². The molecule has 0 radical (unpaired) electrons. The number of para-hydroxylation sites is 2. The lowest BCUT2D eigenvalue weighted by molar-refractivity contribution is -0.159. The Kier molecular flexibility index (Phi) is 3.43. The molecule has 2 aromatic carbocycles. The number of carbonyl (C=O) groups is 1. The van der Waals surface area contributed by atoms with E-state index in [9.17, 15) is 4.79 Å². The van der Waals surface area contributed by atoms with E-state index in [1.807, 2.05) is 43.3 Å². The van der Waals surface area contributed by atoms with Gasteiger partial charge in [-0.25, -0.2) is 4.79 Å². The van der Waals surface area contributed by atoms with Crippen LogP contribution >= 0.6 is 0 Å². The number of hydrogen-bond donors (Lipinski definition) is 0. The monoisotopic (exact) mass is 390 g/mol. The van der Waals surface area contributed by atoms with E-state index in [4.69, 9.17) is 14.2 Å². The molecule has 150 valence electrons. The fourth-order valence-electron chi connectivity index (χ4n) is 5.50. The Hall–Kier alpha value is -2.75. The topological polar surface area (TPSA) is 44.8 Å². The van der Waals surface area contributed by atoms with Crippen LogP contribution in [-0.2, 0) is 20.4 Å². The molecule has 0 saturated heterocycles. The van der Waals surface area contributed by atoms with Gasteiger partial charge in [0.2, 0.25) is 5.60 Å². The number of methoxy groups -OCH3 is 1. The summed E-state index contributed by atoms with van der Waals surface area (Å²) in [5.41, 5.74) is 1.10. The summed E-state index contributed by atoms with van der Waals surface area (Å²) >= 11 is 0. The minimum absolute atomic E-state index is 0.0770. The van der Waals surface area contributed by atoms with Crippen LogP contribution in [0.15, 0.2) is 60.2 Å². The molecule has 0 amide bonds. The Morgan fingerprint density at radius 2 is 1.52 bits per heavy atom. The molecule has 2 heterocycles. The van der Waals surface area contributed by atoms with Crippen molar-refractivity contribution in [3.05, 3.63) is 71.3 Å². The zero-order valence-corrected chi connectivity index (χ0v) is 17.5. The molecule has 4 nitrogen and oxygen atoms in total. The lowest BCUT2D eigenvalue weighted by Gasteiger charge is -2.53. The first-order valence-electron chi connectivity index (χ1n) is 10.1. The smallest absolute Gasteiger partial charge is 0.351 e. The quantitative estimate of drug-likeness (QED) is 0.550. The average Bonchev–Trinajstić information content (AvgIpc) is 3.05. The highest BCUT2D eigenvalue weighted by molar-refractivity contribution is 5.85. The highest BCUT2D eigenvalue weighted by Gasteiger charge is 2.67. The molecule has 2 aromatic rings. The molecule has 1 fully saturated rings. The molecule has 0 unspecified atom stereocenters. The summed E-state index contributed by atoms with van der Waals surface area (Å²) in [6.07, 6.45) is 3.08. The molecule has 3 aliphatic rings. The van der Waals surface area contributed by atoms with Gasteiger partial charge in [-0.2, -0.15) is 0 Å². The van der Waals surface area contributed by atoms with E-state index in [0.717, 1.165) is 23.5 Å². The van der Waals surface area contributed by atoms with E-state index >= 15 is 0 Å². The SMILES string of the molecule is COC(=O)[C@]1(C)Oc2ccccc2[C@]1(C)/C=C1/C[C@]2(C)c3ccccc3O[C@]12C. The van der Waals surface area contributed by atoms with Crippen LogP contribution in [0, 0.1) is 0 Å². The number of benzene rings is 2. The zero-order valence-electron chi connectivity index (χ0n) is 17.5. The predicted octanol–water partition coefficient (Wildman–Crippen LogP) is 4.71. The standard InChI is InChI=1S/C25H26O4/c1-22-14-16(24(22,3)28-19-12-8-6-10-17(19)22)15-23(2)18-11-7-9-13-20(18)29-25(23,4)21(26)27-5/h6-13,15H,14H2,1-5H3/b16-15-/t22-,23+,24-,25+/m1/s1. The van der Waals surface area contributed by atoms with E-state index in [1.165, 1.54) is 18.2 Å². The molecule has 1 aliphatic carbocycles. The van der Waals surface area contributed by atoms with E-state index in [1.54, 1.807) is 0 Å². The molecule has 0 N–H and O–H groups in total. The van der Waals surface area contributed by atoms with Crippen molar-refractivity contribution in [1.82, 2.24) is 0 Å². The summed E-state index contributed by atoms with van der Waals surface area (Å²) in [6.45, 7) is 8.30. The third-order valence-electron chi connectivity index (χ3n) is 7.79. The Morgan fingerprint density at radius 1 is 0.931 bits per heavy atom. The summed E-state index contributed by atoms with van der Waals surface area (Å²) in [5.74, 6) is 1.29. The number of hydrogen-bond acceptors (Lipinski definition) is 4. The van der Waals surface area contributed by atoms with Crippen molar-refractivity contribution < 1.29 is 19.0 Å². The number of esters is 1. The second-order valence-electron chi connectivity index (χ2n) is 9.14. The van der Waals surface area contributed by atoms with E-state index in [2.05, 4.69) is 39.0 Å². The van der Waals surface area contributed by atoms with Crippen LogP contribution in [0.2, 0.25) is 0 Å². The number of fused-ring (bicyclic) bond motifs is 4. The molecule has 4 heteroatoms. The Labute approximate surface area is 171 Å². The molecular formula is C25H26O4. The molecule has 4 atom stereocenters. The van der Waals surface area contributed by atoms with Crippen molar-refractivity contribution in [1.29, 1.82) is 0 Å². The van der Waals surface area contributed by atoms with E-state index in [-0.39, 0.29) is 11.4 Å². The molecule has 0 aromatic heterocycles. The summed E-state index contributed by atoms with van der Waals surface area (Å²) in [6, 6.07) is 16.1. The number of carbonyl (C=O) groups excluding carboxylic acids is 1. The molecule has 0 bridgehead atoms.